The number of nitrogens with zero attached hydrogens (tertiary/aromatic N) is 2. The van der Waals surface area contributed by atoms with Crippen molar-refractivity contribution in [3.63, 3.8) is 0 Å². The predicted molar refractivity (Wildman–Crippen MR) is 141 cm³/mol. The Morgan fingerprint density at radius 3 is 2.61 bits per heavy atom. The highest BCUT2D eigenvalue weighted by molar-refractivity contribution is 6.06. The van der Waals surface area contributed by atoms with Crippen LogP contribution in [0, 0.1) is 11.8 Å². The highest BCUT2D eigenvalue weighted by atomic mass is 16.6. The van der Waals surface area contributed by atoms with Crippen LogP contribution < -0.4 is 4.90 Å². The van der Waals surface area contributed by atoms with Crippen LogP contribution in [-0.4, -0.2) is 71.3 Å². The summed E-state index contributed by atoms with van der Waals surface area (Å²) in [5, 5.41) is 11.5. The molecule has 198 valence electrons. The van der Waals surface area contributed by atoms with Crippen LogP contribution in [0.4, 0.5) is 5.69 Å². The third kappa shape index (κ3) is 3.69. The largest absolute Gasteiger partial charge is 0.465 e. The van der Waals surface area contributed by atoms with E-state index in [0.717, 1.165) is 16.5 Å². The SMILES string of the molecule is C[C@@]12C=CCCOC(=O)[C@@H]1[C@H]1C(=O)N(CCCCO)C3C(=O)N(c4ccc5ccccc5c4)CC=C[C@@]31O2. The van der Waals surface area contributed by atoms with Crippen molar-refractivity contribution < 1.29 is 29.0 Å². The van der Waals surface area contributed by atoms with E-state index in [1.165, 1.54) is 0 Å². The zero-order valence-corrected chi connectivity index (χ0v) is 21.4. The van der Waals surface area contributed by atoms with Gasteiger partial charge < -0.3 is 24.4 Å². The quantitative estimate of drug-likeness (QED) is 0.373. The Kier molecular flexibility index (Phi) is 6.12. The Balaban J connectivity index is 1.46. The summed E-state index contributed by atoms with van der Waals surface area (Å²) in [5.74, 6) is -2.77. The molecule has 8 nitrogen and oxygen atoms in total. The van der Waals surface area contributed by atoms with Crippen molar-refractivity contribution in [2.45, 2.75) is 43.4 Å². The number of hydrogen-bond donors (Lipinski definition) is 1. The number of carbonyl (C=O) groups excluding carboxylic acids is 3. The normalized spacial score (nSPS) is 32.5. The molecule has 2 fully saturated rings. The van der Waals surface area contributed by atoms with E-state index in [9.17, 15) is 19.5 Å². The smallest absolute Gasteiger partial charge is 0.313 e. The van der Waals surface area contributed by atoms with Gasteiger partial charge in [0, 0.05) is 25.4 Å². The highest BCUT2D eigenvalue weighted by Gasteiger charge is 2.74. The molecule has 1 spiro atoms. The summed E-state index contributed by atoms with van der Waals surface area (Å²) in [6, 6.07) is 12.9. The van der Waals surface area contributed by atoms with Gasteiger partial charge in [0.1, 0.15) is 17.6 Å². The van der Waals surface area contributed by atoms with E-state index in [-0.39, 0.29) is 31.6 Å². The standard InChI is InChI=1S/C30H32N2O6/c1-29-13-4-7-18-37-28(36)24(29)23-26(34)32(15-5-6-17-33)25-27(35)31(16-8-14-30(23,25)38-29)22-12-11-20-9-2-3-10-21(20)19-22/h2-4,8-14,19,23-25,33H,5-7,15-18H2,1H3/t23-,24-,25?,29+,30-/m0/s1. The number of cyclic esters (lactones) is 1. The lowest BCUT2D eigenvalue weighted by Crippen LogP contribution is -2.56. The molecule has 0 saturated carbocycles. The average Bonchev–Trinajstić information content (AvgIpc) is 3.22. The van der Waals surface area contributed by atoms with Gasteiger partial charge in [0.05, 0.1) is 18.1 Å². The number of aliphatic hydroxyl groups is 1. The minimum absolute atomic E-state index is 0.00729. The number of hydrogen-bond acceptors (Lipinski definition) is 6. The van der Waals surface area contributed by atoms with Gasteiger partial charge in [-0.05, 0) is 49.1 Å². The molecule has 5 atom stereocenters. The molecule has 2 saturated heterocycles. The number of carbonyl (C=O) groups is 3. The van der Waals surface area contributed by atoms with Crippen LogP contribution in [0.3, 0.4) is 0 Å². The molecule has 0 radical (unpaired) electrons. The molecule has 38 heavy (non-hydrogen) atoms. The zero-order chi connectivity index (χ0) is 26.5. The van der Waals surface area contributed by atoms with Gasteiger partial charge in [0.25, 0.3) is 5.91 Å². The number of anilines is 1. The third-order valence-corrected chi connectivity index (χ3v) is 8.37. The summed E-state index contributed by atoms with van der Waals surface area (Å²) in [6.07, 6.45) is 9.07. The van der Waals surface area contributed by atoms with Crippen LogP contribution in [0.2, 0.25) is 0 Å². The van der Waals surface area contributed by atoms with Crippen molar-refractivity contribution in [3.05, 3.63) is 66.8 Å². The number of fused-ring (bicyclic) bond motifs is 3. The number of unbranched alkanes of at least 4 members (excludes halogenated alkanes) is 1. The first-order valence-corrected chi connectivity index (χ1v) is 13.3. The number of aliphatic hydroxyl groups excluding tert-OH is 1. The van der Waals surface area contributed by atoms with Crippen molar-refractivity contribution >= 4 is 34.2 Å². The second-order valence-corrected chi connectivity index (χ2v) is 10.7. The van der Waals surface area contributed by atoms with Crippen LogP contribution in [0.1, 0.15) is 26.2 Å². The number of benzene rings is 2. The van der Waals surface area contributed by atoms with Gasteiger partial charge in [-0.25, -0.2) is 0 Å². The summed E-state index contributed by atoms with van der Waals surface area (Å²) >= 11 is 0. The lowest BCUT2D eigenvalue weighted by atomic mass is 9.74. The van der Waals surface area contributed by atoms with Crippen LogP contribution in [0.25, 0.3) is 10.8 Å². The summed E-state index contributed by atoms with van der Waals surface area (Å²) < 4.78 is 12.3. The Hall–Kier alpha value is -3.49. The number of amides is 2. The highest BCUT2D eigenvalue weighted by Crippen LogP contribution is 2.57. The van der Waals surface area contributed by atoms with Crippen molar-refractivity contribution in [1.82, 2.24) is 4.90 Å². The molecule has 2 aromatic rings. The lowest BCUT2D eigenvalue weighted by Gasteiger charge is -2.37. The van der Waals surface area contributed by atoms with Crippen LogP contribution in [0.5, 0.6) is 0 Å². The predicted octanol–water partition coefficient (Wildman–Crippen LogP) is 2.99. The maximum Gasteiger partial charge on any atom is 0.313 e. The van der Waals surface area contributed by atoms with Gasteiger partial charge in [0.15, 0.2) is 0 Å². The second kappa shape index (κ2) is 9.36. The molecule has 2 amide bonds. The number of likely N-dealkylation sites (tertiary alicyclic amines) is 1. The van der Waals surface area contributed by atoms with E-state index >= 15 is 0 Å². The Labute approximate surface area is 221 Å². The lowest BCUT2D eigenvalue weighted by molar-refractivity contribution is -0.159. The van der Waals surface area contributed by atoms with E-state index in [4.69, 9.17) is 9.47 Å². The minimum atomic E-state index is -1.31. The molecule has 4 aliphatic heterocycles. The molecular weight excluding hydrogens is 484 g/mol. The van der Waals surface area contributed by atoms with Crippen LogP contribution in [-0.2, 0) is 23.9 Å². The van der Waals surface area contributed by atoms with E-state index in [1.807, 2.05) is 66.8 Å². The van der Waals surface area contributed by atoms with Gasteiger partial charge in [-0.1, -0.05) is 54.6 Å². The van der Waals surface area contributed by atoms with Crippen LogP contribution >= 0.6 is 0 Å². The summed E-state index contributed by atoms with van der Waals surface area (Å²) in [7, 11) is 0. The van der Waals surface area contributed by atoms with Gasteiger partial charge >= 0.3 is 5.97 Å². The molecule has 1 unspecified atom stereocenters. The van der Waals surface area contributed by atoms with Crippen LogP contribution in [0.15, 0.2) is 66.8 Å². The first kappa shape index (κ1) is 24.8. The van der Waals surface area contributed by atoms with Crippen molar-refractivity contribution in [3.8, 4) is 0 Å². The number of ether oxygens (including phenoxy) is 2. The minimum Gasteiger partial charge on any atom is -0.465 e. The molecule has 2 aromatic carbocycles. The summed E-state index contributed by atoms with van der Waals surface area (Å²) in [4.78, 5) is 45.1. The average molecular weight is 517 g/mol. The maximum atomic E-state index is 14.4. The fourth-order valence-electron chi connectivity index (χ4n) is 6.70. The molecular formula is C30H32N2O6. The Morgan fingerprint density at radius 2 is 1.79 bits per heavy atom. The second-order valence-electron chi connectivity index (χ2n) is 10.7. The molecule has 0 bridgehead atoms. The Bertz CT molecular complexity index is 1350. The molecule has 6 rings (SSSR count). The molecule has 4 aliphatic rings. The van der Waals surface area contributed by atoms with E-state index in [2.05, 4.69) is 0 Å². The Morgan fingerprint density at radius 1 is 0.974 bits per heavy atom. The van der Waals surface area contributed by atoms with Crippen molar-refractivity contribution in [2.75, 3.05) is 31.2 Å². The topological polar surface area (TPSA) is 96.4 Å². The van der Waals surface area contributed by atoms with Gasteiger partial charge in [0.2, 0.25) is 5.91 Å². The molecule has 0 aromatic heterocycles. The summed E-state index contributed by atoms with van der Waals surface area (Å²) in [5.41, 5.74) is -1.67. The first-order valence-electron chi connectivity index (χ1n) is 13.3. The fourth-order valence-corrected chi connectivity index (χ4v) is 6.70. The van der Waals surface area contributed by atoms with Crippen molar-refractivity contribution in [2.24, 2.45) is 11.8 Å². The fraction of sp³-hybridized carbons (Fsp3) is 0.433. The van der Waals surface area contributed by atoms with Crippen molar-refractivity contribution in [1.29, 1.82) is 0 Å². The van der Waals surface area contributed by atoms with E-state index in [1.54, 1.807) is 16.7 Å². The monoisotopic (exact) mass is 516 g/mol. The first-order chi connectivity index (χ1) is 18.4. The maximum absolute atomic E-state index is 14.4. The van der Waals surface area contributed by atoms with E-state index < -0.39 is 35.0 Å². The van der Waals surface area contributed by atoms with Gasteiger partial charge in [-0.15, -0.1) is 0 Å². The molecule has 1 N–H and O–H groups in total. The third-order valence-electron chi connectivity index (χ3n) is 8.37. The van der Waals surface area contributed by atoms with Gasteiger partial charge in [-0.3, -0.25) is 14.4 Å². The molecule has 4 heterocycles. The number of rotatable bonds is 5. The molecule has 8 heteroatoms. The number of esters is 1. The molecule has 0 aliphatic carbocycles. The van der Waals surface area contributed by atoms with E-state index in [0.29, 0.717) is 25.8 Å². The van der Waals surface area contributed by atoms with Gasteiger partial charge in [-0.2, -0.15) is 0 Å². The summed E-state index contributed by atoms with van der Waals surface area (Å²) in [6.45, 7) is 2.63. The zero-order valence-electron chi connectivity index (χ0n) is 21.4.